The first kappa shape index (κ1) is 30.3. The van der Waals surface area contributed by atoms with Crippen LogP contribution >= 0.6 is 0 Å². The first-order chi connectivity index (χ1) is 16.7. The first-order valence-corrected chi connectivity index (χ1v) is 11.6. The van der Waals surface area contributed by atoms with E-state index in [0.29, 0.717) is 18.2 Å². The van der Waals surface area contributed by atoms with Crippen molar-refractivity contribution >= 4 is 16.1 Å². The molecule has 0 amide bonds. The fourth-order valence-electron chi connectivity index (χ4n) is 3.32. The zero-order chi connectivity index (χ0) is 28.6. The van der Waals surface area contributed by atoms with Crippen LogP contribution in [0.25, 0.3) is 11.1 Å². The normalized spacial score (nSPS) is 14.0. The van der Waals surface area contributed by atoms with Crippen molar-refractivity contribution in [1.29, 1.82) is 0 Å². The highest BCUT2D eigenvalue weighted by Crippen LogP contribution is 2.41. The first-order valence-electron chi connectivity index (χ1n) is 10.2. The molecule has 2 aromatic carbocycles. The summed E-state index contributed by atoms with van der Waals surface area (Å²) in [6, 6.07) is 2.63. The maximum Gasteiger partial charge on any atom is 0.534 e. The van der Waals surface area contributed by atoms with Crippen LogP contribution in [0.5, 0.6) is 5.75 Å². The fourth-order valence-corrected chi connectivity index (χ4v) is 3.76. The number of benzene rings is 2. The number of esters is 1. The third-order valence-electron chi connectivity index (χ3n) is 4.93. The third kappa shape index (κ3) is 7.52. The molecule has 2 rings (SSSR count). The quantitative estimate of drug-likeness (QED) is 0.158. The lowest BCUT2D eigenvalue weighted by Crippen LogP contribution is -2.28. The fraction of sp³-hybridized carbons (Fsp3) is 0.409. The number of hydrogen-bond acceptors (Lipinski definition) is 5. The molecule has 0 heterocycles. The Morgan fingerprint density at radius 1 is 0.811 bits per heavy atom. The van der Waals surface area contributed by atoms with E-state index >= 15 is 0 Å². The highest BCUT2D eigenvalue weighted by atomic mass is 32.2. The Balaban J connectivity index is 2.88. The molecule has 0 aliphatic carbocycles. The maximum atomic E-state index is 13.3. The Morgan fingerprint density at radius 2 is 1.30 bits per heavy atom. The summed E-state index contributed by atoms with van der Waals surface area (Å²) in [5.74, 6) is -3.54. The number of carbonyl (C=O) groups excluding carboxylic acids is 1. The minimum atomic E-state index is -6.28. The largest absolute Gasteiger partial charge is 0.534 e. The molecule has 0 saturated heterocycles. The van der Waals surface area contributed by atoms with Crippen LogP contribution in [0.1, 0.15) is 42.9 Å². The molecule has 0 radical (unpaired) electrons. The van der Waals surface area contributed by atoms with Crippen molar-refractivity contribution in [1.82, 2.24) is 0 Å². The van der Waals surface area contributed by atoms with Crippen molar-refractivity contribution in [2.45, 2.75) is 44.0 Å². The Hall–Kier alpha value is -2.97. The second-order valence-electron chi connectivity index (χ2n) is 8.27. The molecular formula is C22H19F9O5S. The van der Waals surface area contributed by atoms with Crippen molar-refractivity contribution in [3.8, 4) is 16.9 Å². The summed E-state index contributed by atoms with van der Waals surface area (Å²) in [7, 11) is -5.30. The van der Waals surface area contributed by atoms with Gasteiger partial charge in [-0.05, 0) is 59.4 Å². The second-order valence-corrected chi connectivity index (χ2v) is 9.81. The van der Waals surface area contributed by atoms with Crippen molar-refractivity contribution < 1.29 is 61.6 Å². The van der Waals surface area contributed by atoms with Gasteiger partial charge in [0.05, 0.1) is 24.2 Å². The summed E-state index contributed by atoms with van der Waals surface area (Å²) in [4.78, 5) is 12.4. The molecule has 2 aromatic rings. The van der Waals surface area contributed by atoms with E-state index in [1.165, 1.54) is 0 Å². The van der Waals surface area contributed by atoms with E-state index in [4.69, 9.17) is 0 Å². The minimum Gasteiger partial charge on any atom is -0.469 e. The van der Waals surface area contributed by atoms with Gasteiger partial charge in [0.1, 0.15) is 5.75 Å². The smallest absolute Gasteiger partial charge is 0.469 e. The van der Waals surface area contributed by atoms with Gasteiger partial charge in [-0.15, -0.1) is 0 Å². The van der Waals surface area contributed by atoms with Gasteiger partial charge in [-0.2, -0.15) is 47.9 Å². The van der Waals surface area contributed by atoms with Gasteiger partial charge in [-0.25, -0.2) is 0 Å². The summed E-state index contributed by atoms with van der Waals surface area (Å²) in [6.07, 6.45) is -10.5. The molecule has 0 aliphatic heterocycles. The molecular weight excluding hydrogens is 547 g/mol. The zero-order valence-electron chi connectivity index (χ0n) is 19.2. The lowest BCUT2D eigenvalue weighted by molar-refractivity contribution is -0.144. The number of halogens is 9. The van der Waals surface area contributed by atoms with Crippen LogP contribution in [0.4, 0.5) is 39.5 Å². The summed E-state index contributed by atoms with van der Waals surface area (Å²) in [5, 5.41) is 0. The number of alkyl halides is 9. The van der Waals surface area contributed by atoms with E-state index in [2.05, 4.69) is 8.92 Å². The highest BCUT2D eigenvalue weighted by molar-refractivity contribution is 7.88. The Kier molecular flexibility index (Phi) is 8.52. The molecule has 15 heteroatoms. The second kappa shape index (κ2) is 10.4. The third-order valence-corrected chi connectivity index (χ3v) is 5.91. The van der Waals surface area contributed by atoms with E-state index < -0.39 is 67.9 Å². The minimum absolute atomic E-state index is 0.0159. The van der Waals surface area contributed by atoms with Gasteiger partial charge in [-0.3, -0.25) is 4.79 Å². The Bertz CT molecular complexity index is 1210. The molecule has 0 saturated carbocycles. The molecule has 1 unspecified atom stereocenters. The zero-order valence-corrected chi connectivity index (χ0v) is 20.0. The molecule has 0 fully saturated rings. The van der Waals surface area contributed by atoms with Gasteiger partial charge in [0.15, 0.2) is 0 Å². The summed E-state index contributed by atoms with van der Waals surface area (Å²) >= 11 is 0. The number of ether oxygens (including phenoxy) is 1. The number of rotatable bonds is 7. The van der Waals surface area contributed by atoms with Crippen molar-refractivity contribution in [2.75, 3.05) is 7.11 Å². The molecule has 1 atom stereocenters. The molecule has 206 valence electrons. The van der Waals surface area contributed by atoms with Gasteiger partial charge in [-0.1, -0.05) is 19.9 Å². The van der Waals surface area contributed by atoms with Crippen LogP contribution < -0.4 is 4.18 Å². The van der Waals surface area contributed by atoms with Gasteiger partial charge < -0.3 is 8.92 Å². The van der Waals surface area contributed by atoms with E-state index in [9.17, 15) is 52.7 Å². The molecule has 0 aromatic heterocycles. The lowest BCUT2D eigenvalue weighted by atomic mass is 9.88. The Labute approximate surface area is 205 Å². The Morgan fingerprint density at radius 3 is 1.70 bits per heavy atom. The van der Waals surface area contributed by atoms with Crippen LogP contribution in [0.2, 0.25) is 0 Å². The summed E-state index contributed by atoms with van der Waals surface area (Å²) in [6.45, 7) is 3.29. The predicted octanol–water partition coefficient (Wildman–Crippen LogP) is 6.92. The van der Waals surface area contributed by atoms with Crippen LogP contribution in [0.15, 0.2) is 36.4 Å². The average Bonchev–Trinajstić information content (AvgIpc) is 2.74. The molecule has 0 N–H and O–H groups in total. The number of carbonyl (C=O) groups is 1. The molecule has 37 heavy (non-hydrogen) atoms. The van der Waals surface area contributed by atoms with Crippen LogP contribution in [0.3, 0.4) is 0 Å². The standard InChI is InChI=1S/C22H19F9O5S/c1-11(2)4-18(19(32)35-3)14-5-12(8-17(9-14)36-37(33,34)22(29,30)31)13-6-15(20(23,24)25)10-16(7-13)21(26,27)28/h5-11,18H,4H2,1-3H3. The van der Waals surface area contributed by atoms with E-state index in [1.54, 1.807) is 13.8 Å². The van der Waals surface area contributed by atoms with E-state index in [0.717, 1.165) is 19.2 Å². The maximum absolute atomic E-state index is 13.3. The van der Waals surface area contributed by atoms with Gasteiger partial charge in [0.25, 0.3) is 0 Å². The molecule has 0 spiro atoms. The molecule has 5 nitrogen and oxygen atoms in total. The topological polar surface area (TPSA) is 69.7 Å². The lowest BCUT2D eigenvalue weighted by Gasteiger charge is -2.20. The van der Waals surface area contributed by atoms with Crippen molar-refractivity contribution in [3.63, 3.8) is 0 Å². The molecule has 0 bridgehead atoms. The number of methoxy groups -OCH3 is 1. The van der Waals surface area contributed by atoms with Crippen LogP contribution in [-0.4, -0.2) is 27.0 Å². The SMILES string of the molecule is COC(=O)C(CC(C)C)c1cc(OS(=O)(=O)C(F)(F)F)cc(-c2cc(C(F)(F)F)cc(C(F)(F)F)c2)c1. The summed E-state index contributed by atoms with van der Waals surface area (Å²) in [5.41, 5.74) is -10.9. The van der Waals surface area contributed by atoms with Gasteiger partial charge >= 0.3 is 33.9 Å². The number of hydrogen-bond donors (Lipinski definition) is 0. The van der Waals surface area contributed by atoms with Crippen molar-refractivity contribution in [3.05, 3.63) is 53.1 Å². The monoisotopic (exact) mass is 566 g/mol. The van der Waals surface area contributed by atoms with E-state index in [-0.39, 0.29) is 24.0 Å². The van der Waals surface area contributed by atoms with Gasteiger partial charge in [0.2, 0.25) is 0 Å². The summed E-state index contributed by atoms with van der Waals surface area (Å²) < 4.78 is 150. The van der Waals surface area contributed by atoms with Crippen molar-refractivity contribution in [2.24, 2.45) is 5.92 Å². The molecule has 0 aliphatic rings. The predicted molar refractivity (Wildman–Crippen MR) is 112 cm³/mol. The van der Waals surface area contributed by atoms with Crippen LogP contribution in [-0.2, 0) is 32.0 Å². The average molecular weight is 566 g/mol. The highest BCUT2D eigenvalue weighted by Gasteiger charge is 2.48. The van der Waals surface area contributed by atoms with E-state index in [1.807, 2.05) is 0 Å². The van der Waals surface area contributed by atoms with Crippen LogP contribution in [0, 0.1) is 5.92 Å². The van der Waals surface area contributed by atoms with Gasteiger partial charge in [0, 0.05) is 0 Å².